The molecule has 140 valence electrons. The highest BCUT2D eigenvalue weighted by atomic mass is 16.3. The molecule has 0 saturated heterocycles. The highest BCUT2D eigenvalue weighted by Gasteiger charge is 2.15. The number of fused-ring (bicyclic) bond motifs is 8. The maximum absolute atomic E-state index is 8.59. The molecule has 2 heteroatoms. The molecular weight excluding hydrogens is 366 g/mol. The summed E-state index contributed by atoms with van der Waals surface area (Å²) in [5, 5.41) is 5.88. The Morgan fingerprint density at radius 3 is 2.33 bits per heavy atom. The van der Waals surface area contributed by atoms with Gasteiger partial charge in [-0.05, 0) is 47.8 Å². The largest absolute Gasteiger partial charge is 0.455 e. The van der Waals surface area contributed by atoms with Crippen LogP contribution in [-0.2, 0) is 0 Å². The van der Waals surface area contributed by atoms with E-state index in [4.69, 9.17) is 11.3 Å². The molecule has 0 radical (unpaired) electrons. The van der Waals surface area contributed by atoms with E-state index in [0.29, 0.717) is 0 Å². The predicted octanol–water partition coefficient (Wildman–Crippen LogP) is 7.84. The molecule has 0 bridgehead atoms. The van der Waals surface area contributed by atoms with Gasteiger partial charge < -0.3 is 8.98 Å². The van der Waals surface area contributed by atoms with Crippen LogP contribution in [0.25, 0.3) is 60.2 Å². The lowest BCUT2D eigenvalue weighted by Crippen LogP contribution is -1.92. The second kappa shape index (κ2) is 5.74. The standard InChI is InChI=1S/C28H17NO/c1-2-8-19(9-3-1)29-25-12-6-4-10-20(25)24-17-23-18(16-26(24)29)14-15-22-21-11-5-7-13-27(21)30-28(22)23/h1-17H/i1D,2D,3D,8D,9D. The van der Waals surface area contributed by atoms with Crippen LogP contribution >= 0.6 is 0 Å². The average Bonchev–Trinajstić information content (AvgIpc) is 3.41. The third kappa shape index (κ3) is 2.03. The molecule has 0 atom stereocenters. The van der Waals surface area contributed by atoms with Crippen LogP contribution in [-0.4, -0.2) is 4.57 Å². The zero-order valence-electron chi connectivity index (χ0n) is 20.8. The first-order valence-electron chi connectivity index (χ1n) is 12.3. The van der Waals surface area contributed by atoms with Crippen LogP contribution < -0.4 is 0 Å². The summed E-state index contributed by atoms with van der Waals surface area (Å²) < 4.78 is 49.6. The molecule has 5 aromatic carbocycles. The van der Waals surface area contributed by atoms with Gasteiger partial charge in [0.05, 0.1) is 17.9 Å². The highest BCUT2D eigenvalue weighted by Crippen LogP contribution is 2.39. The van der Waals surface area contributed by atoms with Crippen molar-refractivity contribution in [1.82, 2.24) is 4.57 Å². The normalized spacial score (nSPS) is 14.3. The van der Waals surface area contributed by atoms with Gasteiger partial charge in [-0.25, -0.2) is 0 Å². The number of rotatable bonds is 1. The van der Waals surface area contributed by atoms with Gasteiger partial charge in [-0.1, -0.05) is 60.6 Å². The molecule has 0 saturated carbocycles. The summed E-state index contributed by atoms with van der Waals surface area (Å²) in [6.07, 6.45) is 0. The van der Waals surface area contributed by atoms with Crippen molar-refractivity contribution in [1.29, 1.82) is 0 Å². The Hall–Kier alpha value is -4.04. The smallest absolute Gasteiger partial charge is 0.143 e. The van der Waals surface area contributed by atoms with Crippen molar-refractivity contribution < 1.29 is 11.3 Å². The van der Waals surface area contributed by atoms with Crippen molar-refractivity contribution in [3.63, 3.8) is 0 Å². The first-order chi connectivity index (χ1) is 17.0. The van der Waals surface area contributed by atoms with Gasteiger partial charge >= 0.3 is 0 Å². The van der Waals surface area contributed by atoms with Crippen LogP contribution in [0.4, 0.5) is 0 Å². The van der Waals surface area contributed by atoms with Crippen molar-refractivity contribution in [3.8, 4) is 5.69 Å². The summed E-state index contributed by atoms with van der Waals surface area (Å²) in [6.45, 7) is 0. The minimum atomic E-state index is -0.401. The van der Waals surface area contributed by atoms with Crippen LogP contribution in [0.2, 0.25) is 0 Å². The van der Waals surface area contributed by atoms with Crippen molar-refractivity contribution >= 4 is 54.5 Å². The number of hydrogen-bond donors (Lipinski definition) is 0. The lowest BCUT2D eigenvalue weighted by Gasteiger charge is -2.08. The van der Waals surface area contributed by atoms with Crippen LogP contribution in [0.15, 0.2) is 107 Å². The number of hydrogen-bond acceptors (Lipinski definition) is 1. The number of para-hydroxylation sites is 3. The van der Waals surface area contributed by atoms with Gasteiger partial charge in [-0.15, -0.1) is 0 Å². The predicted molar refractivity (Wildman–Crippen MR) is 126 cm³/mol. The Bertz CT molecular complexity index is 1990. The summed E-state index contributed by atoms with van der Waals surface area (Å²) in [5.41, 5.74) is 3.33. The van der Waals surface area contributed by atoms with Gasteiger partial charge in [0, 0.05) is 32.6 Å². The Labute approximate surface area is 179 Å². The van der Waals surface area contributed by atoms with E-state index in [1.165, 1.54) is 0 Å². The minimum Gasteiger partial charge on any atom is -0.455 e. The molecule has 2 aromatic heterocycles. The molecule has 0 aliphatic heterocycles. The fourth-order valence-corrected chi connectivity index (χ4v) is 4.57. The molecule has 0 aliphatic rings. The second-order valence-corrected chi connectivity index (χ2v) is 7.46. The average molecular weight is 388 g/mol. The maximum Gasteiger partial charge on any atom is 0.143 e. The fourth-order valence-electron chi connectivity index (χ4n) is 4.57. The third-order valence-corrected chi connectivity index (χ3v) is 5.86. The maximum atomic E-state index is 8.59. The third-order valence-electron chi connectivity index (χ3n) is 5.86. The van der Waals surface area contributed by atoms with E-state index < -0.39 is 6.04 Å². The van der Waals surface area contributed by atoms with Crippen molar-refractivity contribution in [2.75, 3.05) is 0 Å². The van der Waals surface area contributed by atoms with Crippen LogP contribution in [0.5, 0.6) is 0 Å². The summed E-state index contributed by atoms with van der Waals surface area (Å²) in [5.74, 6) is 0. The monoisotopic (exact) mass is 388 g/mol. The molecule has 0 fully saturated rings. The number of nitrogens with zero attached hydrogens (tertiary/aromatic N) is 1. The number of aromatic nitrogens is 1. The highest BCUT2D eigenvalue weighted by molar-refractivity contribution is 6.20. The van der Waals surface area contributed by atoms with E-state index in [0.717, 1.165) is 54.5 Å². The Morgan fingerprint density at radius 2 is 1.43 bits per heavy atom. The Balaban J connectivity index is 1.68. The number of furan rings is 1. The molecule has 2 heterocycles. The second-order valence-electron chi connectivity index (χ2n) is 7.46. The lowest BCUT2D eigenvalue weighted by atomic mass is 10.0. The van der Waals surface area contributed by atoms with Gasteiger partial charge in [0.15, 0.2) is 0 Å². The molecule has 0 unspecified atom stereocenters. The zero-order valence-corrected chi connectivity index (χ0v) is 15.8. The molecule has 30 heavy (non-hydrogen) atoms. The first-order valence-corrected chi connectivity index (χ1v) is 9.80. The van der Waals surface area contributed by atoms with E-state index in [-0.39, 0.29) is 29.9 Å². The summed E-state index contributed by atoms with van der Waals surface area (Å²) in [4.78, 5) is 0. The van der Waals surface area contributed by atoms with Gasteiger partial charge in [0.2, 0.25) is 0 Å². The zero-order chi connectivity index (χ0) is 24.0. The van der Waals surface area contributed by atoms with Crippen LogP contribution in [0, 0.1) is 0 Å². The lowest BCUT2D eigenvalue weighted by molar-refractivity contribution is 0.672. The Kier molecular flexibility index (Phi) is 2.27. The van der Waals surface area contributed by atoms with Crippen molar-refractivity contribution in [3.05, 3.63) is 103 Å². The van der Waals surface area contributed by atoms with Crippen LogP contribution in [0.1, 0.15) is 6.85 Å². The molecule has 0 amide bonds. The molecule has 0 aliphatic carbocycles. The van der Waals surface area contributed by atoms with Crippen molar-refractivity contribution in [2.45, 2.75) is 0 Å². The minimum absolute atomic E-state index is 0.145. The van der Waals surface area contributed by atoms with E-state index in [2.05, 4.69) is 12.1 Å². The fraction of sp³-hybridized carbons (Fsp3) is 0. The molecule has 0 N–H and O–H groups in total. The van der Waals surface area contributed by atoms with E-state index in [9.17, 15) is 0 Å². The van der Waals surface area contributed by atoms with Gasteiger partial charge in [-0.3, -0.25) is 0 Å². The SMILES string of the molecule is [2H]c1c([2H])c([2H])c(-n2c3ccccc3c3cc4c(ccc5c6ccccc6oc45)cc32)c([2H])c1[2H]. The molecule has 0 spiro atoms. The van der Waals surface area contributed by atoms with E-state index in [1.54, 1.807) is 4.57 Å². The Morgan fingerprint density at radius 1 is 0.633 bits per heavy atom. The van der Waals surface area contributed by atoms with Gasteiger partial charge in [-0.2, -0.15) is 0 Å². The first kappa shape index (κ1) is 11.8. The number of benzene rings is 5. The molecule has 7 rings (SSSR count). The van der Waals surface area contributed by atoms with E-state index >= 15 is 0 Å². The van der Waals surface area contributed by atoms with E-state index in [1.807, 2.05) is 60.7 Å². The van der Waals surface area contributed by atoms with Crippen molar-refractivity contribution in [2.24, 2.45) is 0 Å². The molecule has 2 nitrogen and oxygen atoms in total. The molecular formula is C28H17NO. The van der Waals surface area contributed by atoms with Gasteiger partial charge in [0.25, 0.3) is 0 Å². The topological polar surface area (TPSA) is 18.1 Å². The van der Waals surface area contributed by atoms with Gasteiger partial charge in [0.1, 0.15) is 11.2 Å². The summed E-state index contributed by atoms with van der Waals surface area (Å²) in [7, 11) is 0. The van der Waals surface area contributed by atoms with Crippen LogP contribution in [0.3, 0.4) is 0 Å². The summed E-state index contributed by atoms with van der Waals surface area (Å²) in [6, 6.07) is 22.3. The molecule has 7 aromatic rings. The summed E-state index contributed by atoms with van der Waals surface area (Å²) >= 11 is 0. The quantitative estimate of drug-likeness (QED) is 0.280.